The van der Waals surface area contributed by atoms with Crippen LogP contribution >= 0.6 is 23.1 Å². The Kier molecular flexibility index (Phi) is 6.46. The second-order valence-corrected chi connectivity index (χ2v) is 8.44. The van der Waals surface area contributed by atoms with Crippen molar-refractivity contribution in [2.24, 2.45) is 7.05 Å². The van der Waals surface area contributed by atoms with Crippen molar-refractivity contribution in [1.29, 1.82) is 0 Å². The molecule has 2 aromatic heterocycles. The number of hydrogen-bond donors (Lipinski definition) is 1. The van der Waals surface area contributed by atoms with E-state index in [4.69, 9.17) is 4.74 Å². The maximum Gasteiger partial charge on any atom is 0.234 e. The zero-order valence-corrected chi connectivity index (χ0v) is 18.0. The van der Waals surface area contributed by atoms with Crippen LogP contribution in [0.15, 0.2) is 77.3 Å². The summed E-state index contributed by atoms with van der Waals surface area (Å²) in [6, 6.07) is 21.0. The van der Waals surface area contributed by atoms with Gasteiger partial charge in [-0.15, -0.1) is 21.5 Å². The molecule has 0 aliphatic heterocycles. The summed E-state index contributed by atoms with van der Waals surface area (Å²) in [6.07, 6.45) is 0.734. The third-order valence-corrected chi connectivity index (χ3v) is 6.20. The molecule has 1 N–H and O–H groups in total. The number of benzene rings is 2. The molecule has 8 heteroatoms. The first-order chi connectivity index (χ1) is 14.7. The number of hydrogen-bond acceptors (Lipinski definition) is 6. The van der Waals surface area contributed by atoms with Gasteiger partial charge in [0, 0.05) is 18.3 Å². The first kappa shape index (κ1) is 20.2. The topological polar surface area (TPSA) is 69.0 Å². The monoisotopic (exact) mass is 436 g/mol. The number of nitrogens with zero attached hydrogens (tertiary/aromatic N) is 3. The molecule has 0 unspecified atom stereocenters. The lowest BCUT2D eigenvalue weighted by atomic mass is 10.3. The molecule has 0 atom stereocenters. The van der Waals surface area contributed by atoms with Crippen LogP contribution in [0.1, 0.15) is 10.7 Å². The lowest BCUT2D eigenvalue weighted by molar-refractivity contribution is -0.113. The Bertz CT molecular complexity index is 1110. The van der Waals surface area contributed by atoms with Crippen LogP contribution in [-0.4, -0.2) is 26.4 Å². The highest BCUT2D eigenvalue weighted by atomic mass is 32.2. The van der Waals surface area contributed by atoms with E-state index >= 15 is 0 Å². The molecule has 0 saturated carbocycles. The maximum absolute atomic E-state index is 12.5. The number of thioether (sulfide) groups is 1. The predicted molar refractivity (Wildman–Crippen MR) is 120 cm³/mol. The van der Waals surface area contributed by atoms with Crippen molar-refractivity contribution in [2.75, 3.05) is 11.1 Å². The Morgan fingerprint density at radius 3 is 2.67 bits per heavy atom. The summed E-state index contributed by atoms with van der Waals surface area (Å²) in [7, 11) is 1.92. The summed E-state index contributed by atoms with van der Waals surface area (Å²) in [5.41, 5.74) is 0.628. The summed E-state index contributed by atoms with van der Waals surface area (Å²) in [5, 5.41) is 14.2. The van der Waals surface area contributed by atoms with Crippen molar-refractivity contribution in [3.05, 3.63) is 82.8 Å². The highest BCUT2D eigenvalue weighted by Gasteiger charge is 2.14. The number of nitrogens with one attached hydrogen (secondary N) is 1. The molecule has 0 spiro atoms. The van der Waals surface area contributed by atoms with Crippen LogP contribution in [0, 0.1) is 0 Å². The highest BCUT2D eigenvalue weighted by Crippen LogP contribution is 2.29. The van der Waals surface area contributed by atoms with Gasteiger partial charge in [0.25, 0.3) is 0 Å². The summed E-state index contributed by atoms with van der Waals surface area (Å²) >= 11 is 3.05. The van der Waals surface area contributed by atoms with Gasteiger partial charge in [0.15, 0.2) is 10.9 Å². The molecule has 2 heterocycles. The van der Waals surface area contributed by atoms with E-state index in [1.165, 1.54) is 16.6 Å². The summed E-state index contributed by atoms with van der Waals surface area (Å²) in [6.45, 7) is 0. The first-order valence-corrected chi connectivity index (χ1v) is 11.2. The number of rotatable bonds is 8. The molecule has 30 heavy (non-hydrogen) atoms. The van der Waals surface area contributed by atoms with Crippen LogP contribution in [0.25, 0.3) is 0 Å². The fourth-order valence-electron chi connectivity index (χ4n) is 2.78. The quantitative estimate of drug-likeness (QED) is 0.394. The zero-order chi connectivity index (χ0) is 20.8. The molecular weight excluding hydrogens is 416 g/mol. The molecule has 0 saturated heterocycles. The molecule has 0 aliphatic rings. The van der Waals surface area contributed by atoms with Gasteiger partial charge in [-0.1, -0.05) is 48.2 Å². The van der Waals surface area contributed by atoms with E-state index in [9.17, 15) is 4.79 Å². The van der Waals surface area contributed by atoms with Gasteiger partial charge in [0.1, 0.15) is 11.6 Å². The van der Waals surface area contributed by atoms with Crippen LogP contribution in [0.2, 0.25) is 0 Å². The minimum absolute atomic E-state index is 0.132. The Labute approximate surface area is 182 Å². The molecule has 0 radical (unpaired) electrons. The van der Waals surface area contributed by atoms with E-state index in [2.05, 4.69) is 21.6 Å². The second kappa shape index (κ2) is 9.60. The van der Waals surface area contributed by atoms with E-state index in [0.717, 1.165) is 12.2 Å². The average Bonchev–Trinajstić information content (AvgIpc) is 3.39. The van der Waals surface area contributed by atoms with Crippen LogP contribution in [-0.2, 0) is 18.3 Å². The van der Waals surface area contributed by atoms with Gasteiger partial charge in [-0.25, -0.2) is 0 Å². The van der Waals surface area contributed by atoms with Crippen molar-refractivity contribution < 1.29 is 9.53 Å². The fourth-order valence-corrected chi connectivity index (χ4v) is 4.22. The van der Waals surface area contributed by atoms with Gasteiger partial charge < -0.3 is 14.6 Å². The van der Waals surface area contributed by atoms with Gasteiger partial charge in [-0.05, 0) is 35.7 Å². The number of ether oxygens (including phenoxy) is 1. The number of anilines is 1. The molecule has 152 valence electrons. The number of carbonyl (C=O) groups excluding carboxylic acids is 1. The normalized spacial score (nSPS) is 10.7. The Balaban J connectivity index is 1.36. The Morgan fingerprint density at radius 1 is 1.07 bits per heavy atom. The SMILES string of the molecule is Cn1c(Cc2cccs2)nnc1SCC(=O)Nc1ccccc1Oc1ccccc1. The minimum Gasteiger partial charge on any atom is -0.455 e. The van der Waals surface area contributed by atoms with Gasteiger partial charge in [0.2, 0.25) is 5.91 Å². The molecule has 6 nitrogen and oxygen atoms in total. The number of carbonyl (C=O) groups is 1. The number of aromatic nitrogens is 3. The highest BCUT2D eigenvalue weighted by molar-refractivity contribution is 7.99. The number of thiophene rings is 1. The van der Waals surface area contributed by atoms with Gasteiger partial charge in [0.05, 0.1) is 11.4 Å². The third-order valence-electron chi connectivity index (χ3n) is 4.30. The molecule has 4 aromatic rings. The van der Waals surface area contributed by atoms with Gasteiger partial charge >= 0.3 is 0 Å². The number of amides is 1. The maximum atomic E-state index is 12.5. The summed E-state index contributed by atoms with van der Waals surface area (Å²) < 4.78 is 7.83. The zero-order valence-electron chi connectivity index (χ0n) is 16.3. The van der Waals surface area contributed by atoms with Crippen molar-refractivity contribution in [1.82, 2.24) is 14.8 Å². The van der Waals surface area contributed by atoms with Crippen molar-refractivity contribution in [2.45, 2.75) is 11.6 Å². The smallest absolute Gasteiger partial charge is 0.234 e. The van der Waals surface area contributed by atoms with E-state index < -0.39 is 0 Å². The van der Waals surface area contributed by atoms with Crippen LogP contribution in [0.4, 0.5) is 5.69 Å². The fraction of sp³-hybridized carbons (Fsp3) is 0.136. The van der Waals surface area contributed by atoms with E-state index in [-0.39, 0.29) is 11.7 Å². The Hall–Kier alpha value is -3.10. The lowest BCUT2D eigenvalue weighted by Gasteiger charge is -2.12. The van der Waals surface area contributed by atoms with Gasteiger partial charge in [-0.3, -0.25) is 4.79 Å². The summed E-state index contributed by atoms with van der Waals surface area (Å²) in [5.74, 6) is 2.28. The lowest BCUT2D eigenvalue weighted by Crippen LogP contribution is -2.15. The molecule has 0 bridgehead atoms. The average molecular weight is 437 g/mol. The van der Waals surface area contributed by atoms with E-state index in [1.54, 1.807) is 11.3 Å². The predicted octanol–water partition coefficient (Wildman–Crippen LogP) is 4.99. The van der Waals surface area contributed by atoms with Crippen LogP contribution in [0.5, 0.6) is 11.5 Å². The van der Waals surface area contributed by atoms with Crippen LogP contribution in [0.3, 0.4) is 0 Å². The molecule has 0 fully saturated rings. The molecule has 0 aliphatic carbocycles. The van der Waals surface area contributed by atoms with E-state index in [1.807, 2.05) is 77.7 Å². The van der Waals surface area contributed by atoms with Gasteiger partial charge in [-0.2, -0.15) is 0 Å². The van der Waals surface area contributed by atoms with Crippen molar-refractivity contribution in [3.63, 3.8) is 0 Å². The van der Waals surface area contributed by atoms with Crippen LogP contribution < -0.4 is 10.1 Å². The largest absolute Gasteiger partial charge is 0.455 e. The van der Waals surface area contributed by atoms with E-state index in [0.29, 0.717) is 22.3 Å². The van der Waals surface area contributed by atoms with Crippen molar-refractivity contribution >= 4 is 34.7 Å². The van der Waals surface area contributed by atoms with Crippen molar-refractivity contribution in [3.8, 4) is 11.5 Å². The molecule has 4 rings (SSSR count). The minimum atomic E-state index is -0.132. The number of para-hydroxylation sites is 3. The molecule has 2 aromatic carbocycles. The summed E-state index contributed by atoms with van der Waals surface area (Å²) in [4.78, 5) is 13.8. The molecular formula is C22H20N4O2S2. The second-order valence-electron chi connectivity index (χ2n) is 6.46. The third kappa shape index (κ3) is 5.08. The molecule has 1 amide bonds. The first-order valence-electron chi connectivity index (χ1n) is 9.34. The Morgan fingerprint density at radius 2 is 1.87 bits per heavy atom. The standard InChI is InChI=1S/C22H20N4O2S2/c1-26-20(14-17-10-7-13-29-17)24-25-22(26)30-15-21(27)23-18-11-5-6-12-19(18)28-16-8-3-2-4-9-16/h2-13H,14-15H2,1H3,(H,23,27).